The van der Waals surface area contributed by atoms with Crippen LogP contribution in [0.5, 0.6) is 0 Å². The molecule has 0 unspecified atom stereocenters. The van der Waals surface area contributed by atoms with Crippen LogP contribution in [0.15, 0.2) is 24.3 Å². The van der Waals surface area contributed by atoms with Crippen molar-refractivity contribution in [3.63, 3.8) is 0 Å². The Morgan fingerprint density at radius 3 is 2.52 bits per heavy atom. The minimum Gasteiger partial charge on any atom is -0.370 e. The topological polar surface area (TPSA) is 32.3 Å². The predicted octanol–water partition coefficient (Wildman–Crippen LogP) is 4.59. The monoisotopic (exact) mass is 288 g/mol. The molecule has 1 amide bonds. The fraction of sp³-hybridized carbons (Fsp3) is 0.611. The molecule has 1 fully saturated rings. The zero-order chi connectivity index (χ0) is 14.9. The third kappa shape index (κ3) is 5.07. The molecule has 1 aromatic carbocycles. The van der Waals surface area contributed by atoms with Crippen LogP contribution >= 0.6 is 0 Å². The molecule has 116 valence electrons. The maximum atomic E-state index is 12.1. The zero-order valence-electron chi connectivity index (χ0n) is 13.2. The lowest BCUT2D eigenvalue weighted by molar-refractivity contribution is -0.116. The van der Waals surface area contributed by atoms with Gasteiger partial charge in [0.15, 0.2) is 0 Å². The number of hydrogen-bond donors (Lipinski definition) is 1. The second kappa shape index (κ2) is 8.71. The lowest BCUT2D eigenvalue weighted by Crippen LogP contribution is -2.25. The van der Waals surface area contributed by atoms with Crippen LogP contribution < -0.4 is 10.2 Å². The summed E-state index contributed by atoms with van der Waals surface area (Å²) in [6.45, 7) is 4.36. The van der Waals surface area contributed by atoms with Gasteiger partial charge in [-0.3, -0.25) is 4.79 Å². The van der Waals surface area contributed by atoms with Crippen molar-refractivity contribution in [3.8, 4) is 0 Å². The van der Waals surface area contributed by atoms with Crippen LogP contribution in [-0.2, 0) is 4.79 Å². The molecule has 21 heavy (non-hydrogen) atoms. The first-order valence-electron chi connectivity index (χ1n) is 8.45. The van der Waals surface area contributed by atoms with Crippen LogP contribution in [0, 0.1) is 0 Å². The minimum absolute atomic E-state index is 0.144. The molecular formula is C18H28N2O. The number of nitrogens with one attached hydrogen (secondary N) is 1. The van der Waals surface area contributed by atoms with Crippen LogP contribution in [0.4, 0.5) is 11.4 Å². The molecule has 1 aliphatic heterocycles. The maximum absolute atomic E-state index is 12.1. The number of carbonyl (C=O) groups excluding carboxylic acids is 1. The van der Waals surface area contributed by atoms with Crippen molar-refractivity contribution < 1.29 is 4.79 Å². The molecule has 0 radical (unpaired) electrons. The molecule has 2 rings (SSSR count). The number of nitrogens with zero attached hydrogens (tertiary/aromatic N) is 1. The van der Waals surface area contributed by atoms with Gasteiger partial charge in [0, 0.05) is 19.5 Å². The average Bonchev–Trinajstić information content (AvgIpc) is 2.77. The fourth-order valence-corrected chi connectivity index (χ4v) is 2.91. The van der Waals surface area contributed by atoms with Gasteiger partial charge in [-0.1, -0.05) is 44.7 Å². The molecule has 1 aromatic rings. The SMILES string of the molecule is CCCCCC(=O)Nc1ccccc1N1CCCCCC1. The van der Waals surface area contributed by atoms with Crippen LogP contribution in [0.2, 0.25) is 0 Å². The molecule has 1 N–H and O–H groups in total. The zero-order valence-corrected chi connectivity index (χ0v) is 13.2. The largest absolute Gasteiger partial charge is 0.370 e. The molecule has 0 saturated carbocycles. The summed E-state index contributed by atoms with van der Waals surface area (Å²) in [7, 11) is 0. The van der Waals surface area contributed by atoms with Crippen molar-refractivity contribution in [2.45, 2.75) is 58.3 Å². The van der Waals surface area contributed by atoms with Gasteiger partial charge in [0.25, 0.3) is 0 Å². The summed E-state index contributed by atoms with van der Waals surface area (Å²) in [5, 5.41) is 3.11. The van der Waals surface area contributed by atoms with Gasteiger partial charge in [-0.2, -0.15) is 0 Å². The van der Waals surface area contributed by atoms with Crippen LogP contribution in [0.1, 0.15) is 58.3 Å². The summed E-state index contributed by atoms with van der Waals surface area (Å²) >= 11 is 0. The van der Waals surface area contributed by atoms with Crippen molar-refractivity contribution in [2.24, 2.45) is 0 Å². The number of rotatable bonds is 6. The van der Waals surface area contributed by atoms with Crippen LogP contribution in [-0.4, -0.2) is 19.0 Å². The third-order valence-corrected chi connectivity index (χ3v) is 4.13. The van der Waals surface area contributed by atoms with Gasteiger partial charge in [-0.15, -0.1) is 0 Å². The Kier molecular flexibility index (Phi) is 6.58. The Morgan fingerprint density at radius 1 is 1.10 bits per heavy atom. The van der Waals surface area contributed by atoms with Gasteiger partial charge >= 0.3 is 0 Å². The van der Waals surface area contributed by atoms with E-state index < -0.39 is 0 Å². The van der Waals surface area contributed by atoms with Crippen molar-refractivity contribution in [1.82, 2.24) is 0 Å². The average molecular weight is 288 g/mol. The summed E-state index contributed by atoms with van der Waals surface area (Å²) in [6.07, 6.45) is 9.02. The molecule has 0 aromatic heterocycles. The summed E-state index contributed by atoms with van der Waals surface area (Å²) in [5.74, 6) is 0.144. The number of unbranched alkanes of at least 4 members (excludes halogenated alkanes) is 2. The van der Waals surface area contributed by atoms with Crippen LogP contribution in [0.25, 0.3) is 0 Å². The Morgan fingerprint density at radius 2 is 1.81 bits per heavy atom. The molecule has 3 heteroatoms. The smallest absolute Gasteiger partial charge is 0.224 e. The van der Waals surface area contributed by atoms with Crippen molar-refractivity contribution >= 4 is 17.3 Å². The normalized spacial score (nSPS) is 15.6. The molecule has 0 spiro atoms. The van der Waals surface area contributed by atoms with Gasteiger partial charge in [-0.25, -0.2) is 0 Å². The highest BCUT2D eigenvalue weighted by Gasteiger charge is 2.14. The second-order valence-corrected chi connectivity index (χ2v) is 5.92. The Hall–Kier alpha value is -1.51. The number of hydrogen-bond acceptors (Lipinski definition) is 2. The fourth-order valence-electron chi connectivity index (χ4n) is 2.91. The van der Waals surface area contributed by atoms with Crippen molar-refractivity contribution in [3.05, 3.63) is 24.3 Å². The lowest BCUT2D eigenvalue weighted by atomic mass is 10.2. The molecule has 0 bridgehead atoms. The number of carbonyl (C=O) groups is 1. The van der Waals surface area contributed by atoms with E-state index in [2.05, 4.69) is 29.3 Å². The molecule has 1 aliphatic rings. The van der Waals surface area contributed by atoms with E-state index in [1.807, 2.05) is 12.1 Å². The van der Waals surface area contributed by atoms with E-state index in [0.29, 0.717) is 6.42 Å². The van der Waals surface area contributed by atoms with Gasteiger partial charge in [0.1, 0.15) is 0 Å². The van der Waals surface area contributed by atoms with Crippen molar-refractivity contribution in [1.29, 1.82) is 0 Å². The molecule has 1 saturated heterocycles. The van der Waals surface area contributed by atoms with E-state index in [0.717, 1.165) is 38.0 Å². The van der Waals surface area contributed by atoms with Gasteiger partial charge in [0.05, 0.1) is 11.4 Å². The number of anilines is 2. The Bertz CT molecular complexity index is 437. The first kappa shape index (κ1) is 15.9. The number of para-hydroxylation sites is 2. The predicted molar refractivity (Wildman–Crippen MR) is 89.9 cm³/mol. The molecule has 3 nitrogen and oxygen atoms in total. The second-order valence-electron chi connectivity index (χ2n) is 5.92. The van der Waals surface area contributed by atoms with Crippen molar-refractivity contribution in [2.75, 3.05) is 23.3 Å². The molecule has 0 atom stereocenters. The number of amides is 1. The summed E-state index contributed by atoms with van der Waals surface area (Å²) in [6, 6.07) is 8.22. The van der Waals surface area contributed by atoms with E-state index >= 15 is 0 Å². The quantitative estimate of drug-likeness (QED) is 0.777. The van der Waals surface area contributed by atoms with E-state index in [4.69, 9.17) is 0 Å². The molecule has 1 heterocycles. The van der Waals surface area contributed by atoms with E-state index in [1.165, 1.54) is 31.4 Å². The van der Waals surface area contributed by atoms with E-state index in [-0.39, 0.29) is 5.91 Å². The minimum atomic E-state index is 0.144. The summed E-state index contributed by atoms with van der Waals surface area (Å²) in [4.78, 5) is 14.5. The van der Waals surface area contributed by atoms with E-state index in [1.54, 1.807) is 0 Å². The first-order valence-corrected chi connectivity index (χ1v) is 8.45. The number of benzene rings is 1. The highest BCUT2D eigenvalue weighted by atomic mass is 16.1. The van der Waals surface area contributed by atoms with Gasteiger partial charge in [0.2, 0.25) is 5.91 Å². The molecular weight excluding hydrogens is 260 g/mol. The summed E-state index contributed by atoms with van der Waals surface area (Å²) < 4.78 is 0. The highest BCUT2D eigenvalue weighted by molar-refractivity contribution is 5.94. The first-order chi connectivity index (χ1) is 10.3. The highest BCUT2D eigenvalue weighted by Crippen LogP contribution is 2.28. The third-order valence-electron chi connectivity index (χ3n) is 4.13. The van der Waals surface area contributed by atoms with Gasteiger partial charge < -0.3 is 10.2 Å². The Balaban J connectivity index is 2.00. The van der Waals surface area contributed by atoms with E-state index in [9.17, 15) is 4.79 Å². The van der Waals surface area contributed by atoms with Gasteiger partial charge in [-0.05, 0) is 31.4 Å². The van der Waals surface area contributed by atoms with Crippen LogP contribution in [0.3, 0.4) is 0 Å². The Labute approximate surface area is 128 Å². The molecule has 0 aliphatic carbocycles. The lowest BCUT2D eigenvalue weighted by Gasteiger charge is -2.25. The maximum Gasteiger partial charge on any atom is 0.224 e. The summed E-state index contributed by atoms with van der Waals surface area (Å²) in [5.41, 5.74) is 2.16. The standard InChI is InChI=1S/C18H28N2O/c1-2-3-6-13-18(21)19-16-11-7-8-12-17(16)20-14-9-4-5-10-15-20/h7-8,11-12H,2-6,9-10,13-15H2,1H3,(H,19,21).